The number of aryl methyl sites for hydroxylation is 1. The Labute approximate surface area is 208 Å². The number of likely N-dealkylation sites (N-methyl/N-ethyl adjacent to an activating group) is 1. The molecule has 2 aromatic rings. The first-order valence-corrected chi connectivity index (χ1v) is 13.6. The molecule has 0 unspecified atom stereocenters. The molecule has 0 bridgehead atoms. The summed E-state index contributed by atoms with van der Waals surface area (Å²) in [4.78, 5) is 31.4. The average Bonchev–Trinajstić information content (AvgIpc) is 3.40. The molecule has 0 aromatic heterocycles. The number of carbonyl (C=O) groups excluding carboxylic acids is 2. The van der Waals surface area contributed by atoms with Gasteiger partial charge in [0.15, 0.2) is 0 Å². The van der Waals surface area contributed by atoms with Gasteiger partial charge in [-0.05, 0) is 49.6 Å². The topological polar surface area (TPSA) is 81.2 Å². The maximum Gasteiger partial charge on any atom is 0.254 e. The Morgan fingerprint density at radius 3 is 2.20 bits per heavy atom. The molecule has 9 heteroatoms. The molecule has 0 spiro atoms. The van der Waals surface area contributed by atoms with Crippen LogP contribution in [0.25, 0.3) is 0 Å². The number of benzene rings is 2. The van der Waals surface area contributed by atoms with E-state index < -0.39 is 10.0 Å². The van der Waals surface area contributed by atoms with Crippen molar-refractivity contribution in [2.45, 2.75) is 31.2 Å². The number of hydrogen-bond acceptors (Lipinski definition) is 5. The number of hydrogen-bond donors (Lipinski definition) is 0. The summed E-state index contributed by atoms with van der Waals surface area (Å²) in [7, 11) is -1.92. The van der Waals surface area contributed by atoms with E-state index in [1.165, 1.54) is 44.6 Å². The van der Waals surface area contributed by atoms with Crippen LogP contribution in [0.15, 0.2) is 53.4 Å². The lowest BCUT2D eigenvalue weighted by Crippen LogP contribution is -2.51. The van der Waals surface area contributed by atoms with Crippen LogP contribution in [0.1, 0.15) is 34.3 Å². The van der Waals surface area contributed by atoms with Gasteiger partial charge in [-0.2, -0.15) is 4.31 Å². The molecule has 4 rings (SSSR count). The van der Waals surface area contributed by atoms with Crippen LogP contribution in [-0.4, -0.2) is 92.1 Å². The number of piperazine rings is 1. The Bertz CT molecular complexity index is 1150. The second-order valence-corrected chi connectivity index (χ2v) is 11.4. The molecule has 0 saturated carbocycles. The molecule has 2 saturated heterocycles. The van der Waals surface area contributed by atoms with Gasteiger partial charge in [-0.1, -0.05) is 29.8 Å². The van der Waals surface area contributed by atoms with Crippen LogP contribution >= 0.6 is 0 Å². The molecule has 2 amide bonds. The Balaban J connectivity index is 1.28. The Morgan fingerprint density at radius 2 is 1.57 bits per heavy atom. The summed E-state index contributed by atoms with van der Waals surface area (Å²) in [5, 5.41) is 0. The SMILES string of the molecule is Cc1cccc(CN2CCN(C(=O)CN(C)C(=O)c3ccc(S(=O)(=O)N4CCCC4)cc3)CC2)c1. The zero-order valence-corrected chi connectivity index (χ0v) is 21.3. The van der Waals surface area contributed by atoms with Crippen LogP contribution in [-0.2, 0) is 21.4 Å². The van der Waals surface area contributed by atoms with Gasteiger partial charge in [-0.3, -0.25) is 14.5 Å². The molecular formula is C26H34N4O4S. The minimum Gasteiger partial charge on any atom is -0.339 e. The zero-order valence-electron chi connectivity index (χ0n) is 20.5. The van der Waals surface area contributed by atoms with Crippen molar-refractivity contribution in [2.24, 2.45) is 0 Å². The lowest BCUT2D eigenvalue weighted by Gasteiger charge is -2.35. The largest absolute Gasteiger partial charge is 0.339 e. The number of nitrogens with zero attached hydrogens (tertiary/aromatic N) is 4. The second-order valence-electron chi connectivity index (χ2n) is 9.44. The molecule has 2 fully saturated rings. The number of rotatable bonds is 7. The highest BCUT2D eigenvalue weighted by Crippen LogP contribution is 2.21. The molecule has 0 aliphatic carbocycles. The molecule has 188 valence electrons. The van der Waals surface area contributed by atoms with E-state index in [0.717, 1.165) is 32.5 Å². The molecule has 35 heavy (non-hydrogen) atoms. The van der Waals surface area contributed by atoms with Gasteiger partial charge in [0.25, 0.3) is 5.91 Å². The fraction of sp³-hybridized carbons (Fsp3) is 0.462. The van der Waals surface area contributed by atoms with Crippen LogP contribution in [0, 0.1) is 6.92 Å². The van der Waals surface area contributed by atoms with Gasteiger partial charge < -0.3 is 9.80 Å². The van der Waals surface area contributed by atoms with Gasteiger partial charge in [0.1, 0.15) is 0 Å². The molecule has 2 aliphatic rings. The van der Waals surface area contributed by atoms with Gasteiger partial charge in [0.2, 0.25) is 15.9 Å². The van der Waals surface area contributed by atoms with Crippen molar-refractivity contribution in [1.82, 2.24) is 19.0 Å². The average molecular weight is 499 g/mol. The van der Waals surface area contributed by atoms with Crippen LogP contribution in [0.4, 0.5) is 0 Å². The van der Waals surface area contributed by atoms with Crippen molar-refractivity contribution in [3.63, 3.8) is 0 Å². The lowest BCUT2D eigenvalue weighted by molar-refractivity contribution is -0.133. The Morgan fingerprint density at radius 1 is 0.914 bits per heavy atom. The summed E-state index contributed by atoms with van der Waals surface area (Å²) >= 11 is 0. The second kappa shape index (κ2) is 10.9. The third kappa shape index (κ3) is 6.09. The van der Waals surface area contributed by atoms with Crippen LogP contribution in [0.5, 0.6) is 0 Å². The molecule has 0 N–H and O–H groups in total. The van der Waals surface area contributed by atoms with Crippen LogP contribution in [0.2, 0.25) is 0 Å². The summed E-state index contributed by atoms with van der Waals surface area (Å²) in [6.45, 7) is 6.88. The van der Waals surface area contributed by atoms with Crippen molar-refractivity contribution in [1.29, 1.82) is 0 Å². The standard InChI is InChI=1S/C26H34N4O4S/c1-21-6-5-7-22(18-21)19-28-14-16-29(17-15-28)25(31)20-27(2)26(32)23-8-10-24(11-9-23)35(33,34)30-12-3-4-13-30/h5-11,18H,3-4,12-17,19-20H2,1-2H3. The summed E-state index contributed by atoms with van der Waals surface area (Å²) in [5.41, 5.74) is 2.88. The zero-order chi connectivity index (χ0) is 25.0. The van der Waals surface area contributed by atoms with Gasteiger partial charge in [0.05, 0.1) is 11.4 Å². The first kappa shape index (κ1) is 25.3. The summed E-state index contributed by atoms with van der Waals surface area (Å²) in [6.07, 6.45) is 1.74. The Hall–Kier alpha value is -2.75. The van der Waals surface area contributed by atoms with E-state index in [2.05, 4.69) is 36.1 Å². The van der Waals surface area contributed by atoms with E-state index in [1.807, 2.05) is 4.90 Å². The van der Waals surface area contributed by atoms with Gasteiger partial charge in [-0.25, -0.2) is 8.42 Å². The summed E-state index contributed by atoms with van der Waals surface area (Å²) in [6, 6.07) is 14.5. The monoisotopic (exact) mass is 498 g/mol. The van der Waals surface area contributed by atoms with E-state index >= 15 is 0 Å². The van der Waals surface area contributed by atoms with E-state index in [0.29, 0.717) is 31.7 Å². The normalized spacial score (nSPS) is 17.5. The van der Waals surface area contributed by atoms with Crippen molar-refractivity contribution >= 4 is 21.8 Å². The first-order valence-electron chi connectivity index (χ1n) is 12.2. The van der Waals surface area contributed by atoms with E-state index in [-0.39, 0.29) is 23.3 Å². The third-order valence-corrected chi connectivity index (χ3v) is 8.65. The molecule has 2 aromatic carbocycles. The van der Waals surface area contributed by atoms with Crippen LogP contribution < -0.4 is 0 Å². The molecule has 8 nitrogen and oxygen atoms in total. The van der Waals surface area contributed by atoms with Gasteiger partial charge >= 0.3 is 0 Å². The molecule has 2 heterocycles. The Kier molecular flexibility index (Phi) is 7.88. The van der Waals surface area contributed by atoms with Crippen LogP contribution in [0.3, 0.4) is 0 Å². The molecular weight excluding hydrogens is 464 g/mol. The predicted octanol–water partition coefficient (Wildman–Crippen LogP) is 2.20. The smallest absolute Gasteiger partial charge is 0.254 e. The summed E-state index contributed by atoms with van der Waals surface area (Å²) < 4.78 is 26.9. The first-order chi connectivity index (χ1) is 16.7. The number of carbonyl (C=O) groups is 2. The van der Waals surface area contributed by atoms with Crippen molar-refractivity contribution in [2.75, 3.05) is 52.9 Å². The summed E-state index contributed by atoms with van der Waals surface area (Å²) in [5.74, 6) is -0.383. The minimum atomic E-state index is -3.52. The fourth-order valence-corrected chi connectivity index (χ4v) is 6.18. The van der Waals surface area contributed by atoms with Gasteiger partial charge in [0, 0.05) is 58.4 Å². The van der Waals surface area contributed by atoms with E-state index in [1.54, 1.807) is 7.05 Å². The molecule has 2 aliphatic heterocycles. The highest BCUT2D eigenvalue weighted by Gasteiger charge is 2.28. The van der Waals surface area contributed by atoms with Crippen molar-refractivity contribution in [3.05, 3.63) is 65.2 Å². The quantitative estimate of drug-likeness (QED) is 0.585. The maximum atomic E-state index is 12.8. The number of amides is 2. The number of sulfonamides is 1. The van der Waals surface area contributed by atoms with Crippen molar-refractivity contribution < 1.29 is 18.0 Å². The predicted molar refractivity (Wildman–Crippen MR) is 134 cm³/mol. The molecule has 0 atom stereocenters. The maximum absolute atomic E-state index is 12.8. The molecule has 0 radical (unpaired) electrons. The van der Waals surface area contributed by atoms with Crippen molar-refractivity contribution in [3.8, 4) is 0 Å². The van der Waals surface area contributed by atoms with E-state index in [4.69, 9.17) is 0 Å². The van der Waals surface area contributed by atoms with E-state index in [9.17, 15) is 18.0 Å². The minimum absolute atomic E-state index is 0.00938. The van der Waals surface area contributed by atoms with Gasteiger partial charge in [-0.15, -0.1) is 0 Å². The third-order valence-electron chi connectivity index (χ3n) is 6.74. The lowest BCUT2D eigenvalue weighted by atomic mass is 10.1. The highest BCUT2D eigenvalue weighted by molar-refractivity contribution is 7.89. The fourth-order valence-electron chi connectivity index (χ4n) is 4.67. The highest BCUT2D eigenvalue weighted by atomic mass is 32.2.